The highest BCUT2D eigenvalue weighted by Gasteiger charge is 2.35. The van der Waals surface area contributed by atoms with Gasteiger partial charge in [0.25, 0.3) is 5.91 Å². The fourth-order valence-electron chi connectivity index (χ4n) is 4.25. The van der Waals surface area contributed by atoms with Crippen LogP contribution in [0.3, 0.4) is 0 Å². The van der Waals surface area contributed by atoms with E-state index in [0.29, 0.717) is 30.1 Å². The van der Waals surface area contributed by atoms with Crippen LogP contribution in [0.25, 0.3) is 0 Å². The van der Waals surface area contributed by atoms with E-state index >= 15 is 0 Å². The Kier molecular flexibility index (Phi) is 7.77. The van der Waals surface area contributed by atoms with Crippen molar-refractivity contribution in [1.29, 1.82) is 0 Å². The standard InChI is InChI=1S/C24H35N3O5/c1-15-12-27(23(29)18-7-6-8-18)16(2)14-32-21-10-9-19(25-17(3)28)11-20(21)24(30)26(4)13-22(15)31-5/h9-11,15-16,18,22H,6-8,12-14H2,1-5H3,(H,25,28)/t15-,16-,22-/m1/s1. The van der Waals surface area contributed by atoms with E-state index in [-0.39, 0.29) is 48.3 Å². The number of likely N-dealkylation sites (N-methyl/N-ethyl adjacent to an activating group) is 1. The summed E-state index contributed by atoms with van der Waals surface area (Å²) >= 11 is 0. The van der Waals surface area contributed by atoms with Gasteiger partial charge in [-0.2, -0.15) is 0 Å². The number of amides is 3. The number of ether oxygens (including phenoxy) is 2. The third-order valence-corrected chi connectivity index (χ3v) is 6.50. The van der Waals surface area contributed by atoms with Crippen LogP contribution in [-0.4, -0.2) is 73.5 Å². The fraction of sp³-hybridized carbons (Fsp3) is 0.625. The maximum absolute atomic E-state index is 13.3. The Morgan fingerprint density at radius 1 is 1.19 bits per heavy atom. The molecule has 1 heterocycles. The Labute approximate surface area is 190 Å². The van der Waals surface area contributed by atoms with Crippen LogP contribution in [0.4, 0.5) is 5.69 Å². The minimum atomic E-state index is -0.227. The second-order valence-corrected chi connectivity index (χ2v) is 9.11. The van der Waals surface area contributed by atoms with Gasteiger partial charge in [0.1, 0.15) is 12.4 Å². The molecule has 1 aliphatic heterocycles. The number of fused-ring (bicyclic) bond motifs is 1. The van der Waals surface area contributed by atoms with Crippen molar-refractivity contribution in [2.45, 2.75) is 52.2 Å². The molecule has 1 aliphatic carbocycles. The number of anilines is 1. The number of carbonyl (C=O) groups is 3. The predicted molar refractivity (Wildman–Crippen MR) is 122 cm³/mol. The van der Waals surface area contributed by atoms with E-state index in [1.54, 1.807) is 37.3 Å². The molecule has 1 N–H and O–H groups in total. The van der Waals surface area contributed by atoms with Crippen molar-refractivity contribution in [2.24, 2.45) is 11.8 Å². The van der Waals surface area contributed by atoms with E-state index in [1.807, 2.05) is 11.8 Å². The molecule has 0 unspecified atom stereocenters. The molecule has 3 rings (SSSR count). The molecular formula is C24H35N3O5. The molecule has 0 radical (unpaired) electrons. The van der Waals surface area contributed by atoms with Crippen molar-refractivity contribution in [2.75, 3.05) is 39.2 Å². The average Bonchev–Trinajstić information content (AvgIpc) is 2.71. The van der Waals surface area contributed by atoms with Crippen molar-refractivity contribution in [1.82, 2.24) is 9.80 Å². The van der Waals surface area contributed by atoms with Crippen LogP contribution in [-0.2, 0) is 14.3 Å². The van der Waals surface area contributed by atoms with Crippen LogP contribution >= 0.6 is 0 Å². The van der Waals surface area contributed by atoms with Gasteiger partial charge < -0.3 is 24.6 Å². The lowest BCUT2D eigenvalue weighted by molar-refractivity contribution is -0.142. The molecular weight excluding hydrogens is 410 g/mol. The summed E-state index contributed by atoms with van der Waals surface area (Å²) in [4.78, 5) is 41.5. The summed E-state index contributed by atoms with van der Waals surface area (Å²) in [5.41, 5.74) is 0.895. The van der Waals surface area contributed by atoms with E-state index in [1.165, 1.54) is 6.92 Å². The molecule has 176 valence electrons. The maximum Gasteiger partial charge on any atom is 0.257 e. The Balaban J connectivity index is 1.95. The minimum absolute atomic E-state index is 0.0336. The molecule has 1 saturated carbocycles. The van der Waals surface area contributed by atoms with Crippen LogP contribution in [0.2, 0.25) is 0 Å². The molecule has 8 nitrogen and oxygen atoms in total. The quantitative estimate of drug-likeness (QED) is 0.773. The highest BCUT2D eigenvalue weighted by Crippen LogP contribution is 2.31. The van der Waals surface area contributed by atoms with E-state index in [4.69, 9.17) is 9.47 Å². The van der Waals surface area contributed by atoms with Gasteiger partial charge in [0.05, 0.1) is 17.7 Å². The Hall–Kier alpha value is -2.61. The second-order valence-electron chi connectivity index (χ2n) is 9.11. The highest BCUT2D eigenvalue weighted by atomic mass is 16.5. The predicted octanol–water partition coefficient (Wildman–Crippen LogP) is 2.78. The first-order valence-corrected chi connectivity index (χ1v) is 11.3. The Morgan fingerprint density at radius 2 is 1.91 bits per heavy atom. The van der Waals surface area contributed by atoms with Gasteiger partial charge in [0.15, 0.2) is 0 Å². The van der Waals surface area contributed by atoms with Crippen molar-refractivity contribution in [3.05, 3.63) is 23.8 Å². The monoisotopic (exact) mass is 445 g/mol. The van der Waals surface area contributed by atoms with Crippen LogP contribution < -0.4 is 10.1 Å². The smallest absolute Gasteiger partial charge is 0.257 e. The zero-order valence-electron chi connectivity index (χ0n) is 19.7. The molecule has 3 amide bonds. The molecule has 32 heavy (non-hydrogen) atoms. The number of methoxy groups -OCH3 is 1. The molecule has 2 aliphatic rings. The molecule has 3 atom stereocenters. The molecule has 8 heteroatoms. The van der Waals surface area contributed by atoms with Gasteiger partial charge in [-0.05, 0) is 38.0 Å². The molecule has 0 bridgehead atoms. The highest BCUT2D eigenvalue weighted by molar-refractivity contribution is 5.99. The zero-order chi connectivity index (χ0) is 23.4. The Bertz CT molecular complexity index is 854. The zero-order valence-corrected chi connectivity index (χ0v) is 19.7. The summed E-state index contributed by atoms with van der Waals surface area (Å²) in [5, 5.41) is 2.72. The first-order chi connectivity index (χ1) is 15.2. The lowest BCUT2D eigenvalue weighted by atomic mass is 9.83. The maximum atomic E-state index is 13.3. The van der Waals surface area contributed by atoms with Crippen molar-refractivity contribution in [3.63, 3.8) is 0 Å². The molecule has 1 fully saturated rings. The lowest BCUT2D eigenvalue weighted by Gasteiger charge is -2.39. The van der Waals surface area contributed by atoms with Gasteiger partial charge in [-0.25, -0.2) is 0 Å². The summed E-state index contributed by atoms with van der Waals surface area (Å²) in [6.07, 6.45) is 2.76. The number of rotatable bonds is 3. The molecule has 0 saturated heterocycles. The van der Waals surface area contributed by atoms with Crippen molar-refractivity contribution < 1.29 is 23.9 Å². The minimum Gasteiger partial charge on any atom is -0.491 e. The number of nitrogens with one attached hydrogen (secondary N) is 1. The average molecular weight is 446 g/mol. The van der Waals surface area contributed by atoms with Gasteiger partial charge in [-0.15, -0.1) is 0 Å². The van der Waals surface area contributed by atoms with Crippen LogP contribution in [0.5, 0.6) is 5.75 Å². The van der Waals surface area contributed by atoms with Gasteiger partial charge in [0.2, 0.25) is 11.8 Å². The lowest BCUT2D eigenvalue weighted by Crippen LogP contribution is -2.51. The van der Waals surface area contributed by atoms with E-state index in [9.17, 15) is 14.4 Å². The number of benzene rings is 1. The Morgan fingerprint density at radius 3 is 2.50 bits per heavy atom. The van der Waals surface area contributed by atoms with E-state index < -0.39 is 0 Å². The first kappa shape index (κ1) is 24.0. The normalized spacial score (nSPS) is 25.0. The topological polar surface area (TPSA) is 88.2 Å². The van der Waals surface area contributed by atoms with Crippen LogP contribution in [0.1, 0.15) is 50.4 Å². The summed E-state index contributed by atoms with van der Waals surface area (Å²) in [5.74, 6) is 0.309. The van der Waals surface area contributed by atoms with E-state index in [0.717, 1.165) is 19.3 Å². The number of hydrogen-bond acceptors (Lipinski definition) is 5. The summed E-state index contributed by atoms with van der Waals surface area (Å²) in [6, 6.07) is 4.88. The van der Waals surface area contributed by atoms with E-state index in [2.05, 4.69) is 12.2 Å². The number of nitrogens with zero attached hydrogens (tertiary/aromatic N) is 2. The van der Waals surface area contributed by atoms with Crippen molar-refractivity contribution >= 4 is 23.4 Å². The SMILES string of the molecule is CO[C@@H]1CN(C)C(=O)c2cc(NC(C)=O)ccc2OC[C@@H](C)N(C(=O)C2CCC2)C[C@H]1C. The van der Waals surface area contributed by atoms with Gasteiger partial charge in [0, 0.05) is 51.7 Å². The summed E-state index contributed by atoms with van der Waals surface area (Å²) in [7, 11) is 3.36. The van der Waals surface area contributed by atoms with Gasteiger partial charge in [-0.3, -0.25) is 14.4 Å². The van der Waals surface area contributed by atoms with Crippen LogP contribution in [0.15, 0.2) is 18.2 Å². The van der Waals surface area contributed by atoms with Gasteiger partial charge >= 0.3 is 0 Å². The van der Waals surface area contributed by atoms with Crippen molar-refractivity contribution in [3.8, 4) is 5.75 Å². The third kappa shape index (κ3) is 5.41. The second kappa shape index (κ2) is 10.3. The fourth-order valence-corrected chi connectivity index (χ4v) is 4.25. The number of hydrogen-bond donors (Lipinski definition) is 1. The third-order valence-electron chi connectivity index (χ3n) is 6.50. The molecule has 0 spiro atoms. The summed E-state index contributed by atoms with van der Waals surface area (Å²) in [6.45, 7) is 6.65. The largest absolute Gasteiger partial charge is 0.491 e. The van der Waals surface area contributed by atoms with Crippen LogP contribution in [0, 0.1) is 11.8 Å². The molecule has 0 aromatic heterocycles. The van der Waals surface area contributed by atoms with Gasteiger partial charge in [-0.1, -0.05) is 13.3 Å². The first-order valence-electron chi connectivity index (χ1n) is 11.3. The summed E-state index contributed by atoms with van der Waals surface area (Å²) < 4.78 is 11.8. The number of carbonyl (C=O) groups excluding carboxylic acids is 3. The molecule has 1 aromatic carbocycles. The molecule has 1 aromatic rings.